The lowest BCUT2D eigenvalue weighted by molar-refractivity contribution is -0.137. The summed E-state index contributed by atoms with van der Waals surface area (Å²) in [4.78, 5) is 22.9. The van der Waals surface area contributed by atoms with Crippen molar-refractivity contribution in [3.05, 3.63) is 48.2 Å². The summed E-state index contributed by atoms with van der Waals surface area (Å²) in [7, 11) is 1.73. The Kier molecular flexibility index (Phi) is 5.45. The second-order valence-corrected chi connectivity index (χ2v) is 8.59. The van der Waals surface area contributed by atoms with Crippen molar-refractivity contribution < 1.29 is 18.0 Å². The fourth-order valence-corrected chi connectivity index (χ4v) is 4.61. The van der Waals surface area contributed by atoms with Crippen LogP contribution >= 0.6 is 0 Å². The van der Waals surface area contributed by atoms with Gasteiger partial charge in [0.2, 0.25) is 5.91 Å². The summed E-state index contributed by atoms with van der Waals surface area (Å²) >= 11 is 0. The van der Waals surface area contributed by atoms with E-state index in [1.165, 1.54) is 25.4 Å². The first-order chi connectivity index (χ1) is 16.6. The number of hydrogen-bond donors (Lipinski definition) is 1. The van der Waals surface area contributed by atoms with Gasteiger partial charge in [0.05, 0.1) is 17.5 Å². The van der Waals surface area contributed by atoms with Crippen molar-refractivity contribution in [2.75, 3.05) is 18.0 Å². The van der Waals surface area contributed by atoms with E-state index in [0.29, 0.717) is 52.8 Å². The number of nitrogens with one attached hydrogen (secondary N) is 1. The molecular formula is C23H23F3N8O. The Hall–Kier alpha value is -3.96. The van der Waals surface area contributed by atoms with E-state index in [-0.39, 0.29) is 11.9 Å². The zero-order valence-electron chi connectivity index (χ0n) is 19.3. The van der Waals surface area contributed by atoms with Crippen molar-refractivity contribution in [1.29, 1.82) is 0 Å². The number of amides is 1. The molecule has 5 rings (SSSR count). The molecule has 182 valence electrons. The van der Waals surface area contributed by atoms with Gasteiger partial charge in [-0.2, -0.15) is 23.4 Å². The number of rotatable bonds is 4. The molecule has 0 spiro atoms. The van der Waals surface area contributed by atoms with Gasteiger partial charge < -0.3 is 10.2 Å². The molecule has 4 aromatic rings. The molecule has 1 fully saturated rings. The molecule has 1 aliphatic rings. The Labute approximate surface area is 198 Å². The normalized spacial score (nSPS) is 16.3. The van der Waals surface area contributed by atoms with Crippen LogP contribution in [-0.2, 0) is 18.0 Å². The topological polar surface area (TPSA) is 93.2 Å². The lowest BCUT2D eigenvalue weighted by Crippen LogP contribution is -2.35. The molecule has 35 heavy (non-hydrogen) atoms. The third-order valence-corrected chi connectivity index (χ3v) is 6.15. The molecular weight excluding hydrogens is 461 g/mol. The number of carbonyl (C=O) groups excluding carboxylic acids is 1. The molecule has 1 atom stereocenters. The van der Waals surface area contributed by atoms with Gasteiger partial charge in [-0.3, -0.25) is 9.48 Å². The lowest BCUT2D eigenvalue weighted by Gasteiger charge is -2.19. The van der Waals surface area contributed by atoms with E-state index in [9.17, 15) is 18.0 Å². The Bertz CT molecular complexity index is 1410. The smallest absolute Gasteiger partial charge is 0.353 e. The Morgan fingerprint density at radius 2 is 1.91 bits per heavy atom. The summed E-state index contributed by atoms with van der Waals surface area (Å²) in [6, 6.07) is 5.00. The first-order valence-electron chi connectivity index (χ1n) is 11.1. The molecule has 1 saturated heterocycles. The number of aromatic nitrogens is 6. The number of anilines is 1. The van der Waals surface area contributed by atoms with Crippen LogP contribution in [0, 0.1) is 6.92 Å². The van der Waals surface area contributed by atoms with E-state index in [0.717, 1.165) is 18.6 Å². The Balaban J connectivity index is 1.61. The highest BCUT2D eigenvalue weighted by molar-refractivity contribution is 5.92. The average molecular weight is 484 g/mol. The van der Waals surface area contributed by atoms with Gasteiger partial charge in [0.15, 0.2) is 5.82 Å². The summed E-state index contributed by atoms with van der Waals surface area (Å²) in [5.41, 5.74) is 2.42. The average Bonchev–Trinajstić information content (AvgIpc) is 3.50. The molecule has 1 aliphatic heterocycles. The molecule has 12 heteroatoms. The summed E-state index contributed by atoms with van der Waals surface area (Å²) in [5, 5.41) is 11.7. The van der Waals surface area contributed by atoms with Crippen LogP contribution in [0.2, 0.25) is 0 Å². The van der Waals surface area contributed by atoms with Crippen molar-refractivity contribution in [1.82, 2.24) is 34.7 Å². The van der Waals surface area contributed by atoms with Crippen LogP contribution in [0.5, 0.6) is 0 Å². The summed E-state index contributed by atoms with van der Waals surface area (Å²) < 4.78 is 42.6. The number of aryl methyl sites for hydroxylation is 2. The zero-order valence-corrected chi connectivity index (χ0v) is 19.3. The fraction of sp³-hybridized carbons (Fsp3) is 0.348. The van der Waals surface area contributed by atoms with Crippen LogP contribution in [0.3, 0.4) is 0 Å². The predicted octanol–water partition coefficient (Wildman–Crippen LogP) is 3.23. The number of nitrogens with zero attached hydrogens (tertiary/aromatic N) is 7. The van der Waals surface area contributed by atoms with Crippen LogP contribution in [0.25, 0.3) is 28.0 Å². The molecule has 0 radical (unpaired) electrons. The summed E-state index contributed by atoms with van der Waals surface area (Å²) in [6.45, 7) is 4.61. The van der Waals surface area contributed by atoms with Crippen molar-refractivity contribution in [3.63, 3.8) is 0 Å². The van der Waals surface area contributed by atoms with E-state index in [2.05, 4.69) is 25.4 Å². The largest absolute Gasteiger partial charge is 0.416 e. The maximum absolute atomic E-state index is 13.1. The minimum absolute atomic E-state index is 0.0103. The van der Waals surface area contributed by atoms with E-state index < -0.39 is 11.7 Å². The molecule has 3 aromatic heterocycles. The monoisotopic (exact) mass is 484 g/mol. The van der Waals surface area contributed by atoms with Crippen LogP contribution in [-0.4, -0.2) is 54.4 Å². The Morgan fingerprint density at radius 1 is 1.17 bits per heavy atom. The number of halogens is 3. The van der Waals surface area contributed by atoms with E-state index in [1.807, 2.05) is 6.92 Å². The molecule has 1 N–H and O–H groups in total. The third-order valence-electron chi connectivity index (χ3n) is 6.15. The molecule has 0 aliphatic carbocycles. The minimum atomic E-state index is -4.41. The first kappa shape index (κ1) is 22.8. The maximum Gasteiger partial charge on any atom is 0.416 e. The fourth-order valence-electron chi connectivity index (χ4n) is 4.61. The van der Waals surface area contributed by atoms with Gasteiger partial charge in [-0.1, -0.05) is 12.1 Å². The number of alkyl halides is 3. The van der Waals surface area contributed by atoms with Crippen LogP contribution < -0.4 is 10.2 Å². The molecule has 0 saturated carbocycles. The molecule has 1 aromatic carbocycles. The highest BCUT2D eigenvalue weighted by Crippen LogP contribution is 2.38. The highest BCUT2D eigenvalue weighted by Gasteiger charge is 2.31. The van der Waals surface area contributed by atoms with Gasteiger partial charge in [0.25, 0.3) is 0 Å². The van der Waals surface area contributed by atoms with E-state index in [4.69, 9.17) is 4.98 Å². The Morgan fingerprint density at radius 3 is 2.60 bits per heavy atom. The van der Waals surface area contributed by atoms with Gasteiger partial charge in [-0.05, 0) is 25.5 Å². The second kappa shape index (κ2) is 8.36. The quantitative estimate of drug-likeness (QED) is 0.478. The number of hydrogen-bond acceptors (Lipinski definition) is 6. The first-order valence-corrected chi connectivity index (χ1v) is 11.1. The van der Waals surface area contributed by atoms with Gasteiger partial charge in [-0.15, -0.1) is 0 Å². The van der Waals surface area contributed by atoms with Gasteiger partial charge >= 0.3 is 6.18 Å². The van der Waals surface area contributed by atoms with Crippen molar-refractivity contribution >= 4 is 17.2 Å². The summed E-state index contributed by atoms with van der Waals surface area (Å²) in [6.07, 6.45) is -0.522. The highest BCUT2D eigenvalue weighted by atomic mass is 19.4. The SMILES string of the molecule is CC(=O)N[C@H]1CCN(c2ncnn3c(C)nc(-c4cnn(C)c4-c4ccc(C(F)(F)F)cc4)c23)C1. The molecule has 9 nitrogen and oxygen atoms in total. The van der Waals surface area contributed by atoms with Gasteiger partial charge in [-0.25, -0.2) is 14.5 Å². The second-order valence-electron chi connectivity index (χ2n) is 8.59. The van der Waals surface area contributed by atoms with Crippen LogP contribution in [0.1, 0.15) is 24.7 Å². The molecule has 0 unspecified atom stereocenters. The number of imidazole rings is 1. The zero-order chi connectivity index (χ0) is 24.9. The summed E-state index contributed by atoms with van der Waals surface area (Å²) in [5.74, 6) is 1.23. The maximum atomic E-state index is 13.1. The van der Waals surface area contributed by atoms with E-state index in [1.54, 1.807) is 22.4 Å². The third kappa shape index (κ3) is 4.08. The number of benzene rings is 1. The number of fused-ring (bicyclic) bond motifs is 1. The van der Waals surface area contributed by atoms with Crippen molar-refractivity contribution in [2.24, 2.45) is 7.05 Å². The van der Waals surface area contributed by atoms with Crippen molar-refractivity contribution in [3.8, 4) is 22.5 Å². The van der Waals surface area contributed by atoms with Crippen molar-refractivity contribution in [2.45, 2.75) is 32.5 Å². The predicted molar refractivity (Wildman–Crippen MR) is 123 cm³/mol. The van der Waals surface area contributed by atoms with Crippen LogP contribution in [0.15, 0.2) is 36.8 Å². The minimum Gasteiger partial charge on any atom is -0.353 e. The standard InChI is InChI=1S/C23H23F3N8O/c1-13-30-19(18-10-28-32(3)20(18)15-4-6-16(7-5-15)23(24,25)26)21-22(27-12-29-34(13)21)33-9-8-17(11-33)31-14(2)35/h4-7,10,12,17H,8-9,11H2,1-3H3,(H,31,35)/t17-/m0/s1. The molecule has 4 heterocycles. The molecule has 1 amide bonds. The lowest BCUT2D eigenvalue weighted by atomic mass is 10.0. The van der Waals surface area contributed by atoms with E-state index >= 15 is 0 Å². The molecule has 0 bridgehead atoms. The number of carbonyl (C=O) groups is 1. The van der Waals surface area contributed by atoms with Gasteiger partial charge in [0.1, 0.15) is 23.4 Å². The van der Waals surface area contributed by atoms with Gasteiger partial charge in [0, 0.05) is 44.2 Å². The van der Waals surface area contributed by atoms with Crippen LogP contribution in [0.4, 0.5) is 19.0 Å².